The third kappa shape index (κ3) is 9.87. The largest absolute Gasteiger partial charge is 0.489 e. The number of pyridine rings is 2. The summed E-state index contributed by atoms with van der Waals surface area (Å²) in [6, 6.07) is 20.3. The summed E-state index contributed by atoms with van der Waals surface area (Å²) in [7, 11) is 0. The second-order valence-corrected chi connectivity index (χ2v) is 21.9. The van der Waals surface area contributed by atoms with Crippen LogP contribution in [0.5, 0.6) is 11.6 Å². The molecule has 9 rings (SSSR count). The standard InChI is InChI=1S/C54H59ClN10O6S/c1-30(2)46(50(69)64-26-39(66)20-43(64)49(68)61-31(3)33-9-11-34(12-10-33)47-32(4)59-29-72-47)65-25-38(24-60-65)35-17-18-57-45(19-35)70-41-27-63(28-41)44-16-14-37(23-58-44)48(67)62-51-53(5,6)52(54(51,7)8)71-40-15-13-36(22-56)42(55)21-40/h9-19,21,23-25,29-31,39,41,43,46,51-52,66H,20,26-28H2,1-8H3,(H,61,68)(H,62,67)/t31-,39+,43-,46-,51-,52-/m0/s1. The quantitative estimate of drug-likeness (QED) is 0.0892. The molecule has 2 aromatic carbocycles. The van der Waals surface area contributed by atoms with E-state index in [1.165, 1.54) is 4.90 Å². The van der Waals surface area contributed by atoms with Gasteiger partial charge in [0, 0.05) is 66.1 Å². The molecule has 2 aliphatic heterocycles. The number of carbonyl (C=O) groups excluding carboxylic acids is 3. The topological polar surface area (TPSA) is 201 Å². The van der Waals surface area contributed by atoms with Crippen molar-refractivity contribution >= 4 is 46.5 Å². The summed E-state index contributed by atoms with van der Waals surface area (Å²) in [6.07, 6.45) is 5.70. The number of halogens is 1. The van der Waals surface area contributed by atoms with E-state index in [9.17, 15) is 24.8 Å². The maximum absolute atomic E-state index is 14.4. The van der Waals surface area contributed by atoms with Crippen LogP contribution in [0.25, 0.3) is 21.6 Å². The van der Waals surface area contributed by atoms with Gasteiger partial charge in [0.2, 0.25) is 17.7 Å². The first-order chi connectivity index (χ1) is 34.3. The van der Waals surface area contributed by atoms with E-state index >= 15 is 0 Å². The number of likely N-dealkylation sites (tertiary alicyclic amines) is 1. The van der Waals surface area contributed by atoms with Gasteiger partial charge in [0.1, 0.15) is 41.9 Å². The van der Waals surface area contributed by atoms with Gasteiger partial charge in [-0.15, -0.1) is 11.3 Å². The maximum Gasteiger partial charge on any atom is 0.253 e. The van der Waals surface area contributed by atoms with Crippen LogP contribution in [0.1, 0.15) is 94.1 Å². The monoisotopic (exact) mass is 1010 g/mol. The van der Waals surface area contributed by atoms with Crippen LogP contribution in [0.15, 0.2) is 97.0 Å². The second-order valence-electron chi connectivity index (χ2n) is 20.6. The van der Waals surface area contributed by atoms with Gasteiger partial charge in [-0.1, -0.05) is 77.4 Å². The van der Waals surface area contributed by atoms with Crippen molar-refractivity contribution in [3.63, 3.8) is 0 Å². The molecule has 72 heavy (non-hydrogen) atoms. The van der Waals surface area contributed by atoms with Crippen molar-refractivity contribution < 1.29 is 29.0 Å². The zero-order chi connectivity index (χ0) is 51.2. The lowest BCUT2D eigenvalue weighted by atomic mass is 9.49. The number of nitrogens with zero attached hydrogens (tertiary/aromatic N) is 8. The third-order valence-electron chi connectivity index (χ3n) is 14.4. The summed E-state index contributed by atoms with van der Waals surface area (Å²) in [5.41, 5.74) is 6.36. The Morgan fingerprint density at radius 1 is 0.903 bits per heavy atom. The molecule has 374 valence electrons. The van der Waals surface area contributed by atoms with Crippen molar-refractivity contribution in [3.05, 3.63) is 124 Å². The first kappa shape index (κ1) is 50.1. The highest BCUT2D eigenvalue weighted by Crippen LogP contribution is 2.55. The van der Waals surface area contributed by atoms with E-state index < -0.39 is 29.0 Å². The molecule has 0 bridgehead atoms. The van der Waals surface area contributed by atoms with Gasteiger partial charge in [-0.2, -0.15) is 10.4 Å². The minimum absolute atomic E-state index is 0.0453. The molecule has 6 heterocycles. The number of ether oxygens (including phenoxy) is 2. The van der Waals surface area contributed by atoms with Crippen LogP contribution in [-0.4, -0.2) is 102 Å². The number of aliphatic hydroxyl groups excluding tert-OH is 1. The number of carbonyl (C=O) groups is 3. The molecule has 1 saturated carbocycles. The lowest BCUT2D eigenvalue weighted by Gasteiger charge is -2.63. The normalized spacial score (nSPS) is 21.0. The third-order valence-corrected chi connectivity index (χ3v) is 15.7. The van der Waals surface area contributed by atoms with Crippen molar-refractivity contribution in [2.75, 3.05) is 24.5 Å². The summed E-state index contributed by atoms with van der Waals surface area (Å²) in [6.45, 7) is 17.2. The van der Waals surface area contributed by atoms with Crippen molar-refractivity contribution in [3.8, 4) is 39.3 Å². The minimum atomic E-state index is -0.840. The number of aromatic nitrogens is 5. The van der Waals surface area contributed by atoms with Crippen LogP contribution in [0.3, 0.4) is 0 Å². The van der Waals surface area contributed by atoms with E-state index in [0.717, 1.165) is 38.6 Å². The molecule has 4 aromatic heterocycles. The average Bonchev–Trinajstić information content (AvgIpc) is 4.11. The predicted molar refractivity (Wildman–Crippen MR) is 275 cm³/mol. The number of nitrogens with one attached hydrogen (secondary N) is 2. The Balaban J connectivity index is 0.776. The van der Waals surface area contributed by atoms with E-state index in [2.05, 4.69) is 69.3 Å². The van der Waals surface area contributed by atoms with Gasteiger partial charge in [0.15, 0.2) is 0 Å². The molecule has 3 fully saturated rings. The number of hydrogen-bond acceptors (Lipinski definition) is 13. The smallest absolute Gasteiger partial charge is 0.253 e. The van der Waals surface area contributed by atoms with Gasteiger partial charge >= 0.3 is 0 Å². The Kier molecular flexibility index (Phi) is 13.9. The number of thiazole rings is 1. The van der Waals surface area contributed by atoms with E-state index in [-0.39, 0.29) is 60.9 Å². The molecule has 2 saturated heterocycles. The van der Waals surface area contributed by atoms with E-state index in [0.29, 0.717) is 40.9 Å². The van der Waals surface area contributed by atoms with Crippen molar-refractivity contribution in [2.24, 2.45) is 16.7 Å². The lowest BCUT2D eigenvalue weighted by molar-refractivity contribution is -0.164. The second kappa shape index (κ2) is 20.0. The average molecular weight is 1010 g/mol. The van der Waals surface area contributed by atoms with Crippen LogP contribution >= 0.6 is 22.9 Å². The first-order valence-electron chi connectivity index (χ1n) is 24.2. The highest BCUT2D eigenvalue weighted by molar-refractivity contribution is 7.13. The molecule has 0 unspecified atom stereocenters. The molecule has 1 aliphatic carbocycles. The Morgan fingerprint density at radius 3 is 2.31 bits per heavy atom. The summed E-state index contributed by atoms with van der Waals surface area (Å²) in [5.74, 6) is 0.723. The Hall–Kier alpha value is -6.87. The van der Waals surface area contributed by atoms with Gasteiger partial charge in [-0.25, -0.2) is 15.0 Å². The number of rotatable bonds is 15. The summed E-state index contributed by atoms with van der Waals surface area (Å²) in [5, 5.41) is 31.3. The number of nitriles is 1. The van der Waals surface area contributed by atoms with Crippen LogP contribution < -0.4 is 25.0 Å². The lowest BCUT2D eigenvalue weighted by Crippen LogP contribution is -2.74. The Labute approximate surface area is 428 Å². The molecule has 3 aliphatic rings. The summed E-state index contributed by atoms with van der Waals surface area (Å²) in [4.78, 5) is 59.8. The van der Waals surface area contributed by atoms with Crippen molar-refractivity contribution in [2.45, 2.75) is 104 Å². The summed E-state index contributed by atoms with van der Waals surface area (Å²) < 4.78 is 14.3. The Bertz CT molecular complexity index is 3000. The Morgan fingerprint density at radius 2 is 1.65 bits per heavy atom. The molecule has 3 N–H and O–H groups in total. The molecular formula is C54H59ClN10O6S. The number of aliphatic hydroxyl groups is 1. The number of hydrogen-bond donors (Lipinski definition) is 3. The fourth-order valence-corrected chi connectivity index (χ4v) is 11.8. The number of amides is 3. The van der Waals surface area contributed by atoms with E-state index in [4.69, 9.17) is 21.1 Å². The molecular weight excluding hydrogens is 952 g/mol. The van der Waals surface area contributed by atoms with Gasteiger partial charge in [-0.3, -0.25) is 19.1 Å². The van der Waals surface area contributed by atoms with Gasteiger partial charge in [-0.05, 0) is 66.8 Å². The van der Waals surface area contributed by atoms with E-state index in [1.807, 2.05) is 81.9 Å². The summed E-state index contributed by atoms with van der Waals surface area (Å²) >= 11 is 7.85. The fraction of sp³-hybridized carbons (Fsp3) is 0.407. The van der Waals surface area contributed by atoms with E-state index in [1.54, 1.807) is 58.9 Å². The molecule has 3 amide bonds. The zero-order valence-electron chi connectivity index (χ0n) is 41.5. The molecule has 16 nitrogen and oxygen atoms in total. The van der Waals surface area contributed by atoms with Crippen molar-refractivity contribution in [1.29, 1.82) is 5.26 Å². The van der Waals surface area contributed by atoms with Gasteiger partial charge in [0.05, 0.1) is 63.7 Å². The molecule has 6 aromatic rings. The molecule has 18 heteroatoms. The fourth-order valence-electron chi connectivity index (χ4n) is 10.8. The SMILES string of the molecule is Cc1ncsc1-c1ccc([C@H](C)NC(=O)[C@@H]2C[C@@H](O)CN2C(=O)[C@H](C(C)C)n2cc(-c3ccnc(OC4CN(c5ccc(C(=O)N[C@H]6C(C)(C)[C@H](Oc7ccc(C#N)c(Cl)c7)C6(C)C)cn5)C4)c3)cn2)cc1. The van der Waals surface area contributed by atoms with Gasteiger partial charge < -0.3 is 35.0 Å². The number of benzene rings is 2. The number of anilines is 1. The van der Waals surface area contributed by atoms with Crippen LogP contribution in [0.4, 0.5) is 5.82 Å². The highest BCUT2D eigenvalue weighted by Gasteiger charge is 2.64. The minimum Gasteiger partial charge on any atom is -0.489 e. The zero-order valence-corrected chi connectivity index (χ0v) is 43.1. The highest BCUT2D eigenvalue weighted by atomic mass is 35.5. The van der Waals surface area contributed by atoms with Crippen LogP contribution in [0, 0.1) is 35.0 Å². The van der Waals surface area contributed by atoms with Gasteiger partial charge in [0.25, 0.3) is 5.91 Å². The van der Waals surface area contributed by atoms with Crippen LogP contribution in [-0.2, 0) is 9.59 Å². The molecule has 4 atom stereocenters. The number of β-amino-alcohol motifs (C(OH)–C–C–N with tert-alkyl or cyclic N) is 1. The van der Waals surface area contributed by atoms with Crippen LogP contribution in [0.2, 0.25) is 5.02 Å². The maximum atomic E-state index is 14.4. The molecule has 0 radical (unpaired) electrons. The molecule has 0 spiro atoms. The predicted octanol–water partition coefficient (Wildman–Crippen LogP) is 8.21. The first-order valence-corrected chi connectivity index (χ1v) is 25.4. The van der Waals surface area contributed by atoms with Crippen molar-refractivity contribution in [1.82, 2.24) is 40.3 Å². The number of aryl methyl sites for hydroxylation is 1.